The van der Waals surface area contributed by atoms with Gasteiger partial charge < -0.3 is 14.6 Å². The zero-order valence-electron chi connectivity index (χ0n) is 27.5. The number of hydrogen-bond donors (Lipinski definition) is 1. The van der Waals surface area contributed by atoms with E-state index in [2.05, 4.69) is 118 Å². The molecule has 0 spiro atoms. The highest BCUT2D eigenvalue weighted by Crippen LogP contribution is 2.52. The number of aliphatic hydroxyl groups is 1. The molecule has 1 N–H and O–H groups in total. The number of hydrogen-bond acceptors (Lipinski definition) is 4. The van der Waals surface area contributed by atoms with Crippen LogP contribution in [-0.2, 0) is 14.3 Å². The molecule has 39 heavy (non-hydrogen) atoms. The normalized spacial score (nSPS) is 16.3. The van der Waals surface area contributed by atoms with Crippen LogP contribution in [0.25, 0.3) is 0 Å². The van der Waals surface area contributed by atoms with E-state index in [9.17, 15) is 9.90 Å². The number of carbonyl (C=O) groups excluding carboxylic acids is 1. The summed E-state index contributed by atoms with van der Waals surface area (Å²) in [6.45, 7) is 29.7. The van der Waals surface area contributed by atoms with Crippen molar-refractivity contribution in [2.24, 2.45) is 21.7 Å². The van der Waals surface area contributed by atoms with Gasteiger partial charge in [-0.2, -0.15) is 0 Å². The summed E-state index contributed by atoms with van der Waals surface area (Å²) in [5, 5.41) is 10.7. The number of carbonyl (C=O) groups is 1. The van der Waals surface area contributed by atoms with Crippen molar-refractivity contribution in [3.63, 3.8) is 0 Å². The van der Waals surface area contributed by atoms with Crippen LogP contribution in [0.2, 0.25) is 0 Å². The highest BCUT2D eigenvalue weighted by Gasteiger charge is 2.45. The van der Waals surface area contributed by atoms with Gasteiger partial charge in [0, 0.05) is 28.1 Å². The highest BCUT2D eigenvalue weighted by molar-refractivity contribution is 5.69. The van der Waals surface area contributed by atoms with Gasteiger partial charge >= 0.3 is 5.97 Å². The molecule has 0 aromatic heterocycles. The predicted octanol–water partition coefficient (Wildman–Crippen LogP) is 10.2. The van der Waals surface area contributed by atoms with Gasteiger partial charge in [-0.25, -0.2) is 0 Å². The maximum atomic E-state index is 12.2. The molecule has 0 fully saturated rings. The average Bonchev–Trinajstić information content (AvgIpc) is 2.77. The van der Waals surface area contributed by atoms with Crippen molar-refractivity contribution in [2.45, 2.75) is 116 Å². The van der Waals surface area contributed by atoms with Crippen LogP contribution in [-0.4, -0.2) is 23.8 Å². The molecule has 0 radical (unpaired) electrons. The van der Waals surface area contributed by atoms with E-state index in [1.165, 1.54) is 5.57 Å². The molecule has 0 aromatic carbocycles. The van der Waals surface area contributed by atoms with Crippen LogP contribution in [0.3, 0.4) is 0 Å². The van der Waals surface area contributed by atoms with Gasteiger partial charge in [0.05, 0.1) is 13.0 Å². The van der Waals surface area contributed by atoms with E-state index >= 15 is 0 Å². The molecule has 0 saturated carbocycles. The Labute approximate surface area is 240 Å². The van der Waals surface area contributed by atoms with Crippen molar-refractivity contribution >= 4 is 5.97 Å². The van der Waals surface area contributed by atoms with Crippen LogP contribution in [0, 0.1) is 21.7 Å². The van der Waals surface area contributed by atoms with E-state index in [1.807, 2.05) is 13.8 Å². The quantitative estimate of drug-likeness (QED) is 0.127. The molecule has 1 atom stereocenters. The van der Waals surface area contributed by atoms with Crippen LogP contribution < -0.4 is 0 Å². The summed E-state index contributed by atoms with van der Waals surface area (Å²) in [7, 11) is 0. The van der Waals surface area contributed by atoms with E-state index < -0.39 is 11.5 Å². The lowest BCUT2D eigenvalue weighted by atomic mass is 9.60. The maximum absolute atomic E-state index is 12.2. The summed E-state index contributed by atoms with van der Waals surface area (Å²) in [4.78, 5) is 12.2. The van der Waals surface area contributed by atoms with Gasteiger partial charge in [-0.3, -0.25) is 4.79 Å². The largest absolute Gasteiger partial charge is 0.509 e. The van der Waals surface area contributed by atoms with Crippen molar-refractivity contribution in [1.82, 2.24) is 0 Å². The van der Waals surface area contributed by atoms with E-state index in [1.54, 1.807) is 13.8 Å². The van der Waals surface area contributed by atoms with Gasteiger partial charge in [-0.15, -0.1) is 0 Å². The number of aliphatic hydroxyl groups excluding tert-OH is 1. The Balaban J connectivity index is 7.91. The number of esters is 1. The molecule has 0 aromatic rings. The zero-order chi connectivity index (χ0) is 30.7. The van der Waals surface area contributed by atoms with Crippen LogP contribution in [0.1, 0.15) is 110 Å². The molecule has 0 aliphatic rings. The second-order valence-corrected chi connectivity index (χ2v) is 12.6. The Morgan fingerprint density at radius 2 is 1.18 bits per heavy atom. The molecule has 222 valence electrons. The van der Waals surface area contributed by atoms with Crippen molar-refractivity contribution < 1.29 is 19.4 Å². The van der Waals surface area contributed by atoms with Gasteiger partial charge in [0.1, 0.15) is 17.6 Å². The van der Waals surface area contributed by atoms with Crippen molar-refractivity contribution in [1.29, 1.82) is 0 Å². The Morgan fingerprint density at radius 1 is 0.744 bits per heavy atom. The van der Waals surface area contributed by atoms with Crippen LogP contribution >= 0.6 is 0 Å². The standard InChI is InChI=1S/C35H58O4/c1-15-22-32(7,8)29(30(33(9,10)23-16-2)34(11,12)24-17-3)31(35(13,14)25-18-4)39-27(26(6)36)20-21-28(37)38-19-5/h15-18,22-25,31,36H,19-21H2,1-14H3/b22-15+,23-16-,24-17+,25-18+,27-26-,30-29?. The van der Waals surface area contributed by atoms with Crippen molar-refractivity contribution in [3.8, 4) is 0 Å². The molecule has 1 unspecified atom stereocenters. The molecular weight excluding hydrogens is 484 g/mol. The first kappa shape index (κ1) is 36.5. The van der Waals surface area contributed by atoms with E-state index in [-0.39, 0.29) is 40.8 Å². The Kier molecular flexibility index (Phi) is 14.4. The second kappa shape index (κ2) is 15.3. The lowest BCUT2D eigenvalue weighted by molar-refractivity contribution is -0.143. The summed E-state index contributed by atoms with van der Waals surface area (Å²) in [6, 6.07) is 0. The molecule has 0 saturated heterocycles. The highest BCUT2D eigenvalue weighted by atomic mass is 16.5. The number of ether oxygens (including phenoxy) is 2. The minimum Gasteiger partial charge on any atom is -0.509 e. The van der Waals surface area contributed by atoms with E-state index in [0.717, 1.165) is 5.57 Å². The van der Waals surface area contributed by atoms with Gasteiger partial charge in [0.2, 0.25) is 0 Å². The summed E-state index contributed by atoms with van der Waals surface area (Å²) < 4.78 is 12.1. The SMILES string of the molecule is C/C=C\C(C)(C)C(=C(C(O/C(CCC(=O)OCC)=C(/C)O)C(C)(C)/C=C/C)C(C)(C)/C=C/C)C(C)(C)/C=C/C. The third-order valence-electron chi connectivity index (χ3n) is 7.06. The topological polar surface area (TPSA) is 55.8 Å². The van der Waals surface area contributed by atoms with Gasteiger partial charge in [0.25, 0.3) is 0 Å². The Bertz CT molecular complexity index is 948. The fourth-order valence-electron chi connectivity index (χ4n) is 5.84. The Morgan fingerprint density at radius 3 is 1.56 bits per heavy atom. The molecule has 0 rings (SSSR count). The summed E-state index contributed by atoms with van der Waals surface area (Å²) >= 11 is 0. The van der Waals surface area contributed by atoms with E-state index in [4.69, 9.17) is 9.47 Å². The molecule has 4 nitrogen and oxygen atoms in total. The first-order chi connectivity index (χ1) is 17.9. The number of allylic oxidation sites excluding steroid dienone is 10. The third kappa shape index (κ3) is 10.5. The summed E-state index contributed by atoms with van der Waals surface area (Å²) in [5.74, 6) is 0.176. The molecule has 0 aliphatic carbocycles. The maximum Gasteiger partial charge on any atom is 0.306 e. The smallest absolute Gasteiger partial charge is 0.306 e. The number of rotatable bonds is 15. The van der Waals surface area contributed by atoms with Gasteiger partial charge in [0.15, 0.2) is 0 Å². The van der Waals surface area contributed by atoms with Crippen molar-refractivity contribution in [2.75, 3.05) is 6.61 Å². The van der Waals surface area contributed by atoms with E-state index in [0.29, 0.717) is 12.4 Å². The van der Waals surface area contributed by atoms with Gasteiger partial charge in [-0.05, 0) is 52.7 Å². The predicted molar refractivity (Wildman–Crippen MR) is 167 cm³/mol. The molecule has 0 bridgehead atoms. The van der Waals surface area contributed by atoms with Gasteiger partial charge in [-0.1, -0.05) is 104 Å². The Hall–Kier alpha value is -2.49. The lowest BCUT2D eigenvalue weighted by Gasteiger charge is -2.47. The van der Waals surface area contributed by atoms with Crippen LogP contribution in [0.5, 0.6) is 0 Å². The van der Waals surface area contributed by atoms with Crippen molar-refractivity contribution in [3.05, 3.63) is 71.3 Å². The first-order valence-electron chi connectivity index (χ1n) is 14.4. The molecule has 0 aliphatic heterocycles. The minimum atomic E-state index is -0.448. The molecule has 0 heterocycles. The molecular formula is C35H58O4. The lowest BCUT2D eigenvalue weighted by Crippen LogP contribution is -2.42. The summed E-state index contributed by atoms with van der Waals surface area (Å²) in [6.07, 6.45) is 17.2. The monoisotopic (exact) mass is 542 g/mol. The first-order valence-corrected chi connectivity index (χ1v) is 14.4. The van der Waals surface area contributed by atoms with Crippen LogP contribution in [0.15, 0.2) is 71.3 Å². The fourth-order valence-corrected chi connectivity index (χ4v) is 5.84. The molecule has 0 amide bonds. The summed E-state index contributed by atoms with van der Waals surface area (Å²) in [5.41, 5.74) is 0.977. The molecule has 4 heteroatoms. The third-order valence-corrected chi connectivity index (χ3v) is 7.06. The zero-order valence-corrected chi connectivity index (χ0v) is 27.5. The average molecular weight is 543 g/mol. The second-order valence-electron chi connectivity index (χ2n) is 12.6. The minimum absolute atomic E-state index is 0.0748. The van der Waals surface area contributed by atoms with Crippen LogP contribution in [0.4, 0.5) is 0 Å². The fraction of sp³-hybridized carbons (Fsp3) is 0.629.